The predicted octanol–water partition coefficient (Wildman–Crippen LogP) is 2.91. The van der Waals surface area contributed by atoms with Gasteiger partial charge in [0.05, 0.1) is 0 Å². The summed E-state index contributed by atoms with van der Waals surface area (Å²) in [7, 11) is 2.21. The number of unbranched alkanes of at least 4 members (excludes halogenated alkanes) is 1. The van der Waals surface area contributed by atoms with Gasteiger partial charge in [-0.25, -0.2) is 0 Å². The van der Waals surface area contributed by atoms with Crippen molar-refractivity contribution in [3.05, 3.63) is 0 Å². The standard InChI is InChI=1S/C10H23N/c1-6-7-8-10(4)11(5)9(2)3/h9-10H,6-8H2,1-5H3/t10-/m0/s1. The zero-order valence-electron chi connectivity index (χ0n) is 8.72. The summed E-state index contributed by atoms with van der Waals surface area (Å²) >= 11 is 0. The van der Waals surface area contributed by atoms with Gasteiger partial charge >= 0.3 is 0 Å². The third-order valence-corrected chi connectivity index (χ3v) is 2.49. The predicted molar refractivity (Wildman–Crippen MR) is 51.9 cm³/mol. The molecule has 1 atom stereocenters. The molecule has 1 heteroatoms. The molecule has 0 aromatic rings. The van der Waals surface area contributed by atoms with E-state index in [9.17, 15) is 0 Å². The Bertz CT molecular complexity index is 88.9. The average Bonchev–Trinajstić information content (AvgIpc) is 1.98. The van der Waals surface area contributed by atoms with Gasteiger partial charge < -0.3 is 4.90 Å². The lowest BCUT2D eigenvalue weighted by Gasteiger charge is -2.28. The van der Waals surface area contributed by atoms with E-state index in [0.717, 1.165) is 6.04 Å². The normalized spacial score (nSPS) is 14.5. The molecule has 0 aliphatic carbocycles. The lowest BCUT2D eigenvalue weighted by molar-refractivity contribution is 0.196. The molecular formula is C10H23N. The van der Waals surface area contributed by atoms with Gasteiger partial charge in [-0.15, -0.1) is 0 Å². The van der Waals surface area contributed by atoms with Crippen molar-refractivity contribution in [2.24, 2.45) is 0 Å². The minimum Gasteiger partial charge on any atom is -0.301 e. The van der Waals surface area contributed by atoms with E-state index in [1.54, 1.807) is 0 Å². The zero-order chi connectivity index (χ0) is 8.85. The molecule has 0 N–H and O–H groups in total. The Morgan fingerprint density at radius 1 is 1.18 bits per heavy atom. The summed E-state index contributed by atoms with van der Waals surface area (Å²) in [5.74, 6) is 0. The minimum atomic E-state index is 0.682. The first-order valence-electron chi connectivity index (χ1n) is 4.81. The fourth-order valence-corrected chi connectivity index (χ4v) is 1.21. The molecule has 0 heterocycles. The van der Waals surface area contributed by atoms with Crippen LogP contribution in [0.15, 0.2) is 0 Å². The second-order valence-electron chi connectivity index (χ2n) is 3.75. The van der Waals surface area contributed by atoms with E-state index < -0.39 is 0 Å². The maximum absolute atomic E-state index is 2.44. The van der Waals surface area contributed by atoms with E-state index in [0.29, 0.717) is 6.04 Å². The van der Waals surface area contributed by atoms with E-state index in [2.05, 4.69) is 39.6 Å². The smallest absolute Gasteiger partial charge is 0.00665 e. The van der Waals surface area contributed by atoms with E-state index >= 15 is 0 Å². The molecule has 0 aliphatic heterocycles. The fraction of sp³-hybridized carbons (Fsp3) is 1.00. The molecule has 0 aromatic carbocycles. The summed E-state index contributed by atoms with van der Waals surface area (Å²) in [6, 6.07) is 1.43. The number of hydrogen-bond acceptors (Lipinski definition) is 1. The van der Waals surface area contributed by atoms with Crippen LogP contribution in [0.5, 0.6) is 0 Å². The maximum Gasteiger partial charge on any atom is 0.00665 e. The third-order valence-electron chi connectivity index (χ3n) is 2.49. The second-order valence-corrected chi connectivity index (χ2v) is 3.75. The Labute approximate surface area is 71.8 Å². The average molecular weight is 157 g/mol. The number of rotatable bonds is 5. The maximum atomic E-state index is 2.44. The van der Waals surface area contributed by atoms with Gasteiger partial charge in [-0.3, -0.25) is 0 Å². The van der Waals surface area contributed by atoms with E-state index in [4.69, 9.17) is 0 Å². The van der Waals surface area contributed by atoms with Crippen LogP contribution < -0.4 is 0 Å². The molecular weight excluding hydrogens is 134 g/mol. The second kappa shape index (κ2) is 5.59. The van der Waals surface area contributed by atoms with Gasteiger partial charge in [0, 0.05) is 12.1 Å². The van der Waals surface area contributed by atoms with Crippen molar-refractivity contribution in [3.63, 3.8) is 0 Å². The summed E-state index contributed by atoms with van der Waals surface area (Å²) in [6.45, 7) is 9.07. The Morgan fingerprint density at radius 3 is 2.09 bits per heavy atom. The van der Waals surface area contributed by atoms with Crippen LogP contribution in [0.25, 0.3) is 0 Å². The molecule has 11 heavy (non-hydrogen) atoms. The molecule has 0 unspecified atom stereocenters. The van der Waals surface area contributed by atoms with E-state index in [1.807, 2.05) is 0 Å². The SMILES string of the molecule is CCCC[C@H](C)N(C)C(C)C. The third kappa shape index (κ3) is 4.41. The highest BCUT2D eigenvalue weighted by molar-refractivity contribution is 4.66. The van der Waals surface area contributed by atoms with Crippen molar-refractivity contribution < 1.29 is 0 Å². The Kier molecular flexibility index (Phi) is 5.57. The van der Waals surface area contributed by atoms with Crippen molar-refractivity contribution in [1.29, 1.82) is 0 Å². The lowest BCUT2D eigenvalue weighted by Crippen LogP contribution is -2.34. The van der Waals surface area contributed by atoms with Crippen molar-refractivity contribution >= 4 is 0 Å². The van der Waals surface area contributed by atoms with Crippen LogP contribution in [0.3, 0.4) is 0 Å². The summed E-state index contributed by atoms with van der Waals surface area (Å²) in [4.78, 5) is 2.44. The van der Waals surface area contributed by atoms with Crippen molar-refractivity contribution in [1.82, 2.24) is 4.90 Å². The summed E-state index contributed by atoms with van der Waals surface area (Å²) in [5, 5.41) is 0. The van der Waals surface area contributed by atoms with Gasteiger partial charge in [-0.1, -0.05) is 19.8 Å². The molecule has 0 amide bonds. The lowest BCUT2D eigenvalue weighted by atomic mass is 10.1. The molecule has 0 saturated carbocycles. The van der Waals surface area contributed by atoms with Crippen LogP contribution in [0.2, 0.25) is 0 Å². The quantitative estimate of drug-likeness (QED) is 0.593. The van der Waals surface area contributed by atoms with Gasteiger partial charge in [-0.05, 0) is 34.2 Å². The van der Waals surface area contributed by atoms with Gasteiger partial charge in [0.25, 0.3) is 0 Å². The number of hydrogen-bond donors (Lipinski definition) is 0. The monoisotopic (exact) mass is 157 g/mol. The molecule has 0 aliphatic rings. The molecule has 0 aromatic heterocycles. The van der Waals surface area contributed by atoms with E-state index in [-0.39, 0.29) is 0 Å². The summed E-state index contributed by atoms with van der Waals surface area (Å²) < 4.78 is 0. The fourth-order valence-electron chi connectivity index (χ4n) is 1.21. The van der Waals surface area contributed by atoms with Crippen molar-refractivity contribution in [3.8, 4) is 0 Å². The molecule has 1 nitrogen and oxygen atoms in total. The minimum absolute atomic E-state index is 0.682. The summed E-state index contributed by atoms with van der Waals surface area (Å²) in [6.07, 6.45) is 4.01. The first-order chi connectivity index (χ1) is 5.09. The Balaban J connectivity index is 3.55. The van der Waals surface area contributed by atoms with Crippen LogP contribution in [0, 0.1) is 0 Å². The highest BCUT2D eigenvalue weighted by Crippen LogP contribution is 2.08. The Morgan fingerprint density at radius 2 is 1.73 bits per heavy atom. The van der Waals surface area contributed by atoms with Crippen LogP contribution in [-0.4, -0.2) is 24.0 Å². The molecule has 0 spiro atoms. The van der Waals surface area contributed by atoms with Gasteiger partial charge in [0.15, 0.2) is 0 Å². The van der Waals surface area contributed by atoms with Crippen molar-refractivity contribution in [2.45, 2.75) is 59.0 Å². The van der Waals surface area contributed by atoms with Crippen LogP contribution in [-0.2, 0) is 0 Å². The highest BCUT2D eigenvalue weighted by Gasteiger charge is 2.10. The van der Waals surface area contributed by atoms with Gasteiger partial charge in [0.2, 0.25) is 0 Å². The first kappa shape index (κ1) is 11.0. The highest BCUT2D eigenvalue weighted by atomic mass is 15.1. The van der Waals surface area contributed by atoms with Crippen LogP contribution in [0.1, 0.15) is 47.0 Å². The summed E-state index contributed by atoms with van der Waals surface area (Å²) in [5.41, 5.74) is 0. The van der Waals surface area contributed by atoms with Crippen LogP contribution >= 0.6 is 0 Å². The van der Waals surface area contributed by atoms with Gasteiger partial charge in [0.1, 0.15) is 0 Å². The zero-order valence-corrected chi connectivity index (χ0v) is 8.72. The Hall–Kier alpha value is -0.0400. The molecule has 0 fully saturated rings. The van der Waals surface area contributed by atoms with E-state index in [1.165, 1.54) is 19.3 Å². The molecule has 0 radical (unpaired) electrons. The van der Waals surface area contributed by atoms with Gasteiger partial charge in [-0.2, -0.15) is 0 Å². The largest absolute Gasteiger partial charge is 0.301 e. The molecule has 0 bridgehead atoms. The molecule has 0 rings (SSSR count). The van der Waals surface area contributed by atoms with Crippen LogP contribution in [0.4, 0.5) is 0 Å². The molecule has 68 valence electrons. The first-order valence-corrected chi connectivity index (χ1v) is 4.81. The topological polar surface area (TPSA) is 3.24 Å². The molecule has 0 saturated heterocycles. The van der Waals surface area contributed by atoms with Crippen molar-refractivity contribution in [2.75, 3.05) is 7.05 Å². The number of nitrogens with zero attached hydrogens (tertiary/aromatic N) is 1.